The van der Waals surface area contributed by atoms with E-state index in [1.165, 1.54) is 0 Å². The number of hydrogen-bond donors (Lipinski definition) is 1. The van der Waals surface area contributed by atoms with Crippen molar-refractivity contribution in [2.24, 2.45) is 5.73 Å². The van der Waals surface area contributed by atoms with Gasteiger partial charge in [0.1, 0.15) is 12.4 Å². The lowest BCUT2D eigenvalue weighted by Crippen LogP contribution is -2.10. The molecule has 0 radical (unpaired) electrons. The largest absolute Gasteiger partial charge is 0.489 e. The average Bonchev–Trinajstić information content (AvgIpc) is 2.22. The highest BCUT2D eigenvalue weighted by molar-refractivity contribution is 5.26. The highest BCUT2D eigenvalue weighted by Crippen LogP contribution is 2.12. The molecule has 1 aromatic carbocycles. The van der Waals surface area contributed by atoms with Gasteiger partial charge in [-0.15, -0.1) is 0 Å². The van der Waals surface area contributed by atoms with E-state index in [2.05, 4.69) is 0 Å². The van der Waals surface area contributed by atoms with Gasteiger partial charge >= 0.3 is 0 Å². The molecule has 0 fully saturated rings. The van der Waals surface area contributed by atoms with E-state index < -0.39 is 0 Å². The second-order valence-corrected chi connectivity index (χ2v) is 3.07. The monoisotopic (exact) mass is 195 g/mol. The molecule has 0 aliphatic carbocycles. The third-order valence-electron chi connectivity index (χ3n) is 1.86. The molecular weight excluding hydrogens is 181 g/mol. The lowest BCUT2D eigenvalue weighted by molar-refractivity contribution is 0.347. The summed E-state index contributed by atoms with van der Waals surface area (Å²) in [6, 6.07) is 7.58. The molecule has 0 atom stereocenters. The number of aryl methyl sites for hydroxylation is 1. The summed E-state index contributed by atoms with van der Waals surface area (Å²) < 4.78 is 17.4. The zero-order chi connectivity index (χ0) is 10.4. The first-order valence-corrected chi connectivity index (χ1v) is 4.44. The first kappa shape index (κ1) is 10.7. The second kappa shape index (κ2) is 5.40. The summed E-state index contributed by atoms with van der Waals surface area (Å²) in [6.07, 6.45) is 0.494. The van der Waals surface area contributed by atoms with Crippen LogP contribution in [0.2, 0.25) is 0 Å². The summed E-state index contributed by atoms with van der Waals surface area (Å²) >= 11 is 0. The Kier molecular flexibility index (Phi) is 4.13. The van der Waals surface area contributed by atoms with Crippen molar-refractivity contribution in [2.45, 2.75) is 6.92 Å². The summed E-state index contributed by atoms with van der Waals surface area (Å²) in [5, 5.41) is 0. The van der Waals surface area contributed by atoms with Crippen LogP contribution in [0.3, 0.4) is 0 Å². The standard InChI is InChI=1S/C11H14FNO/c1-9-2-4-11(5-3-9)14-8-10(6-12)7-13/h2-6H,7-8,13H2,1H3/b10-6+. The van der Waals surface area contributed by atoms with E-state index in [1.807, 2.05) is 31.2 Å². The molecule has 0 aliphatic heterocycles. The minimum Gasteiger partial charge on any atom is -0.489 e. The van der Waals surface area contributed by atoms with E-state index >= 15 is 0 Å². The van der Waals surface area contributed by atoms with Crippen molar-refractivity contribution in [3.8, 4) is 5.75 Å². The summed E-state index contributed by atoms with van der Waals surface area (Å²) in [4.78, 5) is 0. The van der Waals surface area contributed by atoms with E-state index in [1.54, 1.807) is 0 Å². The van der Waals surface area contributed by atoms with Crippen molar-refractivity contribution >= 4 is 0 Å². The van der Waals surface area contributed by atoms with Crippen LogP contribution in [0.1, 0.15) is 5.56 Å². The number of rotatable bonds is 4. The fraction of sp³-hybridized carbons (Fsp3) is 0.273. The first-order valence-electron chi connectivity index (χ1n) is 4.44. The van der Waals surface area contributed by atoms with E-state index in [-0.39, 0.29) is 13.2 Å². The topological polar surface area (TPSA) is 35.2 Å². The summed E-state index contributed by atoms with van der Waals surface area (Å²) in [6.45, 7) is 2.38. The molecule has 1 rings (SSSR count). The zero-order valence-corrected chi connectivity index (χ0v) is 8.16. The molecule has 0 heterocycles. The Labute approximate surface area is 83.2 Å². The van der Waals surface area contributed by atoms with Crippen LogP contribution in [0.15, 0.2) is 36.2 Å². The van der Waals surface area contributed by atoms with Crippen molar-refractivity contribution in [3.63, 3.8) is 0 Å². The van der Waals surface area contributed by atoms with Crippen LogP contribution in [-0.2, 0) is 0 Å². The highest BCUT2D eigenvalue weighted by atomic mass is 19.1. The van der Waals surface area contributed by atoms with Gasteiger partial charge < -0.3 is 10.5 Å². The van der Waals surface area contributed by atoms with Gasteiger partial charge in [0, 0.05) is 12.1 Å². The molecule has 0 amide bonds. The van der Waals surface area contributed by atoms with E-state index in [4.69, 9.17) is 10.5 Å². The first-order chi connectivity index (χ1) is 6.76. The predicted octanol–water partition coefficient (Wildman–Crippen LogP) is 2.19. The van der Waals surface area contributed by atoms with Crippen LogP contribution in [0.4, 0.5) is 4.39 Å². The summed E-state index contributed by atoms with van der Waals surface area (Å²) in [5.41, 5.74) is 6.90. The molecule has 14 heavy (non-hydrogen) atoms. The Morgan fingerprint density at radius 2 is 2.07 bits per heavy atom. The average molecular weight is 195 g/mol. The van der Waals surface area contributed by atoms with Gasteiger partial charge in [0.2, 0.25) is 0 Å². The van der Waals surface area contributed by atoms with Crippen molar-refractivity contribution < 1.29 is 9.13 Å². The lowest BCUT2D eigenvalue weighted by Gasteiger charge is -2.06. The molecule has 1 aromatic rings. The van der Waals surface area contributed by atoms with Gasteiger partial charge in [-0.1, -0.05) is 17.7 Å². The van der Waals surface area contributed by atoms with Crippen molar-refractivity contribution in [1.29, 1.82) is 0 Å². The van der Waals surface area contributed by atoms with Gasteiger partial charge in [-0.2, -0.15) is 0 Å². The van der Waals surface area contributed by atoms with Gasteiger partial charge in [0.15, 0.2) is 0 Å². The normalized spacial score (nSPS) is 11.5. The summed E-state index contributed by atoms with van der Waals surface area (Å²) in [7, 11) is 0. The van der Waals surface area contributed by atoms with Crippen molar-refractivity contribution in [2.75, 3.05) is 13.2 Å². The fourth-order valence-corrected chi connectivity index (χ4v) is 0.945. The van der Waals surface area contributed by atoms with Crippen molar-refractivity contribution in [3.05, 3.63) is 41.7 Å². The smallest absolute Gasteiger partial charge is 0.119 e. The maximum atomic E-state index is 12.1. The van der Waals surface area contributed by atoms with Crippen LogP contribution < -0.4 is 10.5 Å². The minimum atomic E-state index is 0.183. The number of benzene rings is 1. The van der Waals surface area contributed by atoms with Crippen LogP contribution in [0.25, 0.3) is 0 Å². The maximum Gasteiger partial charge on any atom is 0.119 e. The third-order valence-corrected chi connectivity index (χ3v) is 1.86. The van der Waals surface area contributed by atoms with Gasteiger partial charge in [-0.25, -0.2) is 4.39 Å². The molecule has 0 unspecified atom stereocenters. The van der Waals surface area contributed by atoms with Gasteiger partial charge in [0.05, 0.1) is 6.33 Å². The van der Waals surface area contributed by atoms with E-state index in [0.717, 1.165) is 11.3 Å². The van der Waals surface area contributed by atoms with Crippen LogP contribution in [0.5, 0.6) is 5.75 Å². The molecule has 0 aliphatic rings. The summed E-state index contributed by atoms with van der Waals surface area (Å²) in [5.74, 6) is 0.725. The van der Waals surface area contributed by atoms with Crippen LogP contribution >= 0.6 is 0 Å². The lowest BCUT2D eigenvalue weighted by atomic mass is 10.2. The van der Waals surface area contributed by atoms with Gasteiger partial charge in [0.25, 0.3) is 0 Å². The molecule has 0 bridgehead atoms. The molecule has 2 nitrogen and oxygen atoms in total. The van der Waals surface area contributed by atoms with Crippen molar-refractivity contribution in [1.82, 2.24) is 0 Å². The Hall–Kier alpha value is -1.35. The zero-order valence-electron chi connectivity index (χ0n) is 8.16. The molecule has 0 saturated heterocycles. The van der Waals surface area contributed by atoms with Crippen LogP contribution in [0, 0.1) is 6.92 Å². The highest BCUT2D eigenvalue weighted by Gasteiger charge is 1.97. The number of halogens is 1. The Morgan fingerprint density at radius 3 is 2.57 bits per heavy atom. The molecule has 3 heteroatoms. The van der Waals surface area contributed by atoms with E-state index in [9.17, 15) is 4.39 Å². The SMILES string of the molecule is Cc1ccc(OC/C(=C/F)CN)cc1. The molecular formula is C11H14FNO. The maximum absolute atomic E-state index is 12.1. The molecule has 76 valence electrons. The second-order valence-electron chi connectivity index (χ2n) is 3.07. The Bertz CT molecular complexity index is 306. The Morgan fingerprint density at radius 1 is 1.43 bits per heavy atom. The molecule has 0 saturated carbocycles. The Balaban J connectivity index is 2.49. The fourth-order valence-electron chi connectivity index (χ4n) is 0.945. The quantitative estimate of drug-likeness (QED) is 0.799. The van der Waals surface area contributed by atoms with E-state index in [0.29, 0.717) is 11.9 Å². The van der Waals surface area contributed by atoms with Gasteiger partial charge in [-0.3, -0.25) is 0 Å². The number of ether oxygens (including phenoxy) is 1. The molecule has 2 N–H and O–H groups in total. The predicted molar refractivity (Wildman–Crippen MR) is 54.9 cm³/mol. The number of hydrogen-bond acceptors (Lipinski definition) is 2. The van der Waals surface area contributed by atoms with Gasteiger partial charge in [-0.05, 0) is 19.1 Å². The minimum absolute atomic E-state index is 0.183. The third kappa shape index (κ3) is 3.18. The number of nitrogens with two attached hydrogens (primary N) is 1. The molecule has 0 aromatic heterocycles. The van der Waals surface area contributed by atoms with Crippen LogP contribution in [-0.4, -0.2) is 13.2 Å². The molecule has 0 spiro atoms.